The third-order valence-corrected chi connectivity index (χ3v) is 5.55. The van der Waals surface area contributed by atoms with Crippen molar-refractivity contribution in [2.45, 2.75) is 33.7 Å². The predicted molar refractivity (Wildman–Crippen MR) is 130 cm³/mol. The maximum atomic E-state index is 12.8. The number of piperazine rings is 1. The molecule has 2 amide bonds. The van der Waals surface area contributed by atoms with Crippen molar-refractivity contribution in [3.63, 3.8) is 0 Å². The molecule has 1 fully saturated rings. The normalized spacial score (nSPS) is 14.6. The summed E-state index contributed by atoms with van der Waals surface area (Å²) < 4.78 is 5.38. The lowest BCUT2D eigenvalue weighted by molar-refractivity contribution is 0.191. The molecule has 1 aliphatic rings. The van der Waals surface area contributed by atoms with Crippen LogP contribution in [0.3, 0.4) is 0 Å². The number of ether oxygens (including phenoxy) is 1. The number of carbonyl (C=O) groups is 1. The van der Waals surface area contributed by atoms with Crippen molar-refractivity contribution < 1.29 is 9.53 Å². The van der Waals surface area contributed by atoms with Crippen molar-refractivity contribution >= 4 is 23.6 Å². The smallest absolute Gasteiger partial charge is 0.317 e. The minimum Gasteiger partial charge on any atom is -0.478 e. The standard InChI is InChI=1S/C23H31N9O2/c1-5-34-21-7-6-18(14-24-21)17(4)26-23(33)32-10-8-31(9-11-32)22-25-15(2)12-19(28-22)27-20-13-16(3)29-30-20/h6-7,12-14,17H,5,8-11H2,1-4H3,(H,26,33)(H2,25,27,28,29,30)/t17-/m1/s1. The van der Waals surface area contributed by atoms with Crippen LogP contribution < -0.4 is 20.3 Å². The Hall–Kier alpha value is -3.89. The molecule has 0 aromatic carbocycles. The second kappa shape index (κ2) is 10.4. The van der Waals surface area contributed by atoms with Crippen LogP contribution in [0.2, 0.25) is 0 Å². The summed E-state index contributed by atoms with van der Waals surface area (Å²) in [5, 5.41) is 13.4. The number of H-pyrrole nitrogens is 1. The lowest BCUT2D eigenvalue weighted by atomic mass is 10.1. The van der Waals surface area contributed by atoms with Gasteiger partial charge < -0.3 is 25.2 Å². The maximum Gasteiger partial charge on any atom is 0.317 e. The molecule has 1 saturated heterocycles. The first-order valence-corrected chi connectivity index (χ1v) is 11.4. The molecule has 0 spiro atoms. The first-order valence-electron chi connectivity index (χ1n) is 11.4. The van der Waals surface area contributed by atoms with Gasteiger partial charge in [0.05, 0.1) is 12.6 Å². The second-order valence-electron chi connectivity index (χ2n) is 8.26. The maximum absolute atomic E-state index is 12.8. The first-order chi connectivity index (χ1) is 16.4. The van der Waals surface area contributed by atoms with Crippen LogP contribution >= 0.6 is 0 Å². The Kier molecular flexibility index (Phi) is 7.09. The van der Waals surface area contributed by atoms with Gasteiger partial charge in [-0.3, -0.25) is 5.10 Å². The molecule has 180 valence electrons. The zero-order chi connectivity index (χ0) is 24.1. The van der Waals surface area contributed by atoms with Crippen molar-refractivity contribution in [2.75, 3.05) is 43.0 Å². The van der Waals surface area contributed by atoms with E-state index in [9.17, 15) is 4.79 Å². The summed E-state index contributed by atoms with van der Waals surface area (Å²) in [7, 11) is 0. The lowest BCUT2D eigenvalue weighted by Gasteiger charge is -2.35. The number of carbonyl (C=O) groups excluding carboxylic acids is 1. The van der Waals surface area contributed by atoms with E-state index >= 15 is 0 Å². The van der Waals surface area contributed by atoms with Gasteiger partial charge in [0.25, 0.3) is 0 Å². The molecule has 3 aromatic rings. The Morgan fingerprint density at radius 1 is 1.15 bits per heavy atom. The summed E-state index contributed by atoms with van der Waals surface area (Å²) in [5.41, 5.74) is 2.75. The minimum atomic E-state index is -0.159. The fourth-order valence-electron chi connectivity index (χ4n) is 3.72. The fraction of sp³-hybridized carbons (Fsp3) is 0.435. The number of aryl methyl sites for hydroxylation is 2. The number of pyridine rings is 1. The molecule has 0 aliphatic carbocycles. The molecule has 34 heavy (non-hydrogen) atoms. The lowest BCUT2D eigenvalue weighted by Crippen LogP contribution is -2.52. The molecule has 11 nitrogen and oxygen atoms in total. The van der Waals surface area contributed by atoms with Crippen LogP contribution in [0.15, 0.2) is 30.5 Å². The Labute approximate surface area is 199 Å². The Balaban J connectivity index is 1.32. The van der Waals surface area contributed by atoms with E-state index in [-0.39, 0.29) is 12.1 Å². The van der Waals surface area contributed by atoms with Crippen molar-refractivity contribution in [3.8, 4) is 5.88 Å². The van der Waals surface area contributed by atoms with Gasteiger partial charge >= 0.3 is 6.03 Å². The molecular formula is C23H31N9O2. The zero-order valence-electron chi connectivity index (χ0n) is 20.0. The number of hydrogen-bond acceptors (Lipinski definition) is 8. The van der Waals surface area contributed by atoms with Gasteiger partial charge in [-0.15, -0.1) is 0 Å². The molecular weight excluding hydrogens is 434 g/mol. The average Bonchev–Trinajstić information content (AvgIpc) is 3.23. The molecule has 0 saturated carbocycles. The molecule has 3 aromatic heterocycles. The SMILES string of the molecule is CCOc1ccc([C@@H](C)NC(=O)N2CCN(c3nc(C)cc(Nc4cc(C)[nH]n4)n3)CC2)cn1. The number of nitrogens with one attached hydrogen (secondary N) is 3. The van der Waals surface area contributed by atoms with E-state index in [0.29, 0.717) is 56.2 Å². The third-order valence-electron chi connectivity index (χ3n) is 5.55. The molecule has 1 atom stereocenters. The van der Waals surface area contributed by atoms with E-state index in [2.05, 4.69) is 40.7 Å². The van der Waals surface area contributed by atoms with Gasteiger partial charge in [0.15, 0.2) is 5.82 Å². The third kappa shape index (κ3) is 5.72. The molecule has 11 heteroatoms. The molecule has 3 N–H and O–H groups in total. The Morgan fingerprint density at radius 2 is 1.94 bits per heavy atom. The van der Waals surface area contributed by atoms with Gasteiger partial charge in [0.2, 0.25) is 11.8 Å². The number of anilines is 3. The topological polar surface area (TPSA) is 124 Å². The van der Waals surface area contributed by atoms with Crippen molar-refractivity contribution in [3.05, 3.63) is 47.4 Å². The Morgan fingerprint density at radius 3 is 2.59 bits per heavy atom. The van der Waals surface area contributed by atoms with Gasteiger partial charge in [-0.2, -0.15) is 10.1 Å². The molecule has 0 unspecified atom stereocenters. The van der Waals surface area contributed by atoms with Gasteiger partial charge in [0, 0.05) is 62.0 Å². The number of amides is 2. The summed E-state index contributed by atoms with van der Waals surface area (Å²) in [6.07, 6.45) is 1.74. The minimum absolute atomic E-state index is 0.0950. The van der Waals surface area contributed by atoms with E-state index in [1.807, 2.05) is 56.9 Å². The number of urea groups is 1. The highest BCUT2D eigenvalue weighted by Crippen LogP contribution is 2.20. The number of aromatic nitrogens is 5. The van der Waals surface area contributed by atoms with E-state index < -0.39 is 0 Å². The summed E-state index contributed by atoms with van der Waals surface area (Å²) in [6, 6.07) is 7.29. The number of rotatable bonds is 7. The van der Waals surface area contributed by atoms with Gasteiger partial charge in [0.1, 0.15) is 5.82 Å². The molecule has 4 heterocycles. The highest BCUT2D eigenvalue weighted by atomic mass is 16.5. The summed E-state index contributed by atoms with van der Waals surface area (Å²) in [5.74, 6) is 2.62. The monoisotopic (exact) mass is 465 g/mol. The van der Waals surface area contributed by atoms with Crippen molar-refractivity contribution in [1.82, 2.24) is 35.4 Å². The summed E-state index contributed by atoms with van der Waals surface area (Å²) in [4.78, 5) is 30.2. The van der Waals surface area contributed by atoms with Crippen LogP contribution in [0.25, 0.3) is 0 Å². The largest absolute Gasteiger partial charge is 0.478 e. The zero-order valence-corrected chi connectivity index (χ0v) is 20.0. The molecule has 1 aliphatic heterocycles. The van der Waals surface area contributed by atoms with Crippen LogP contribution in [0.5, 0.6) is 5.88 Å². The highest BCUT2D eigenvalue weighted by Gasteiger charge is 2.24. The predicted octanol–water partition coefficient (Wildman–Crippen LogP) is 2.95. The summed E-state index contributed by atoms with van der Waals surface area (Å²) >= 11 is 0. The molecule has 4 rings (SSSR count). The van der Waals surface area contributed by atoms with Gasteiger partial charge in [-0.25, -0.2) is 14.8 Å². The van der Waals surface area contributed by atoms with Crippen LogP contribution in [-0.2, 0) is 0 Å². The van der Waals surface area contributed by atoms with Gasteiger partial charge in [-0.05, 0) is 33.3 Å². The van der Waals surface area contributed by atoms with E-state index in [0.717, 1.165) is 17.0 Å². The second-order valence-corrected chi connectivity index (χ2v) is 8.26. The van der Waals surface area contributed by atoms with Crippen molar-refractivity contribution in [2.24, 2.45) is 0 Å². The summed E-state index contributed by atoms with van der Waals surface area (Å²) in [6.45, 7) is 10.8. The Bertz CT molecular complexity index is 1110. The highest BCUT2D eigenvalue weighted by molar-refractivity contribution is 5.75. The van der Waals surface area contributed by atoms with Crippen LogP contribution in [-0.4, -0.2) is 68.9 Å². The van der Waals surface area contributed by atoms with Crippen molar-refractivity contribution in [1.29, 1.82) is 0 Å². The number of hydrogen-bond donors (Lipinski definition) is 3. The van der Waals surface area contributed by atoms with Crippen LogP contribution in [0, 0.1) is 13.8 Å². The van der Waals surface area contributed by atoms with E-state index in [1.165, 1.54) is 0 Å². The van der Waals surface area contributed by atoms with Crippen LogP contribution in [0.4, 0.5) is 22.4 Å². The number of nitrogens with zero attached hydrogens (tertiary/aromatic N) is 6. The fourth-order valence-corrected chi connectivity index (χ4v) is 3.72. The average molecular weight is 466 g/mol. The van der Waals surface area contributed by atoms with Gasteiger partial charge in [-0.1, -0.05) is 6.07 Å². The van der Waals surface area contributed by atoms with E-state index in [4.69, 9.17) is 4.74 Å². The van der Waals surface area contributed by atoms with E-state index in [1.54, 1.807) is 6.20 Å². The number of aromatic amines is 1. The molecule has 0 radical (unpaired) electrons. The quantitative estimate of drug-likeness (QED) is 0.487. The molecule has 0 bridgehead atoms. The van der Waals surface area contributed by atoms with Crippen LogP contribution in [0.1, 0.15) is 36.8 Å². The first kappa shape index (κ1) is 23.3.